The van der Waals surface area contributed by atoms with Gasteiger partial charge in [-0.05, 0) is 54.1 Å². The molecule has 3 aromatic carbocycles. The molecule has 1 amide bonds. The molecule has 0 saturated heterocycles. The lowest BCUT2D eigenvalue weighted by Gasteiger charge is -2.15. The van der Waals surface area contributed by atoms with Crippen LogP contribution in [0.3, 0.4) is 0 Å². The van der Waals surface area contributed by atoms with Crippen LogP contribution in [-0.4, -0.2) is 36.2 Å². The average Bonchev–Trinajstić information content (AvgIpc) is 3.26. The summed E-state index contributed by atoms with van der Waals surface area (Å²) in [5.41, 5.74) is 1.59. The predicted octanol–water partition coefficient (Wildman–Crippen LogP) is 5.67. The second kappa shape index (κ2) is 9.98. The summed E-state index contributed by atoms with van der Waals surface area (Å²) in [5, 5.41) is 16.9. The van der Waals surface area contributed by atoms with Gasteiger partial charge >= 0.3 is 0 Å². The summed E-state index contributed by atoms with van der Waals surface area (Å²) in [6, 6.07) is 16.3. The van der Waals surface area contributed by atoms with E-state index >= 15 is 0 Å². The van der Waals surface area contributed by atoms with Gasteiger partial charge in [0.2, 0.25) is 5.13 Å². The monoisotopic (exact) mass is 540 g/mol. The Kier molecular flexibility index (Phi) is 6.85. The fourth-order valence-corrected chi connectivity index (χ4v) is 4.54. The smallest absolute Gasteiger partial charge is 0.280 e. The number of methoxy groups -OCH3 is 2. The van der Waals surface area contributed by atoms with E-state index in [2.05, 4.69) is 26.0 Å². The molecular weight excluding hydrogens is 524 g/mol. The van der Waals surface area contributed by atoms with Crippen molar-refractivity contribution in [2.45, 2.75) is 0 Å². The fourth-order valence-electron chi connectivity index (χ4n) is 3.06. The number of nitro benzene ring substituents is 1. The van der Waals surface area contributed by atoms with Crippen molar-refractivity contribution in [3.63, 3.8) is 0 Å². The summed E-state index contributed by atoms with van der Waals surface area (Å²) in [5.74, 6) is 0.461. The van der Waals surface area contributed by atoms with Gasteiger partial charge in [-0.1, -0.05) is 27.3 Å². The Morgan fingerprint density at radius 3 is 2.50 bits per heavy atom. The number of nitro groups is 1. The summed E-state index contributed by atoms with van der Waals surface area (Å²) in [7, 11) is 3.00. The summed E-state index contributed by atoms with van der Waals surface area (Å²) >= 11 is 4.75. The van der Waals surface area contributed by atoms with Crippen molar-refractivity contribution in [1.82, 2.24) is 4.98 Å². The molecule has 11 heteroatoms. The lowest BCUT2D eigenvalue weighted by molar-refractivity contribution is -0.384. The van der Waals surface area contributed by atoms with Crippen LogP contribution in [0.5, 0.6) is 11.5 Å². The molecule has 0 saturated carbocycles. The van der Waals surface area contributed by atoms with Crippen molar-refractivity contribution in [3.8, 4) is 11.5 Å². The Morgan fingerprint density at radius 1 is 1.09 bits per heavy atom. The minimum Gasteiger partial charge on any atom is -0.493 e. The van der Waals surface area contributed by atoms with Gasteiger partial charge in [-0.2, -0.15) is 10.1 Å². The maximum absolute atomic E-state index is 13.5. The number of carbonyl (C=O) groups is 1. The van der Waals surface area contributed by atoms with E-state index in [0.29, 0.717) is 27.8 Å². The first kappa shape index (κ1) is 23.3. The third kappa shape index (κ3) is 4.90. The highest BCUT2D eigenvalue weighted by Gasteiger charge is 2.22. The molecule has 0 spiro atoms. The number of benzene rings is 3. The lowest BCUT2D eigenvalue weighted by Crippen LogP contribution is -2.25. The van der Waals surface area contributed by atoms with Crippen molar-refractivity contribution >= 4 is 60.4 Å². The van der Waals surface area contributed by atoms with Crippen LogP contribution in [0, 0.1) is 10.1 Å². The van der Waals surface area contributed by atoms with Crippen LogP contribution in [-0.2, 0) is 0 Å². The van der Waals surface area contributed by atoms with E-state index in [4.69, 9.17) is 9.47 Å². The molecule has 0 aliphatic heterocycles. The maximum Gasteiger partial charge on any atom is 0.280 e. The van der Waals surface area contributed by atoms with E-state index in [1.165, 1.54) is 48.9 Å². The van der Waals surface area contributed by atoms with Gasteiger partial charge < -0.3 is 9.47 Å². The summed E-state index contributed by atoms with van der Waals surface area (Å²) in [6.45, 7) is 0. The quantitative estimate of drug-likeness (QED) is 0.170. The number of rotatable bonds is 7. The number of amides is 1. The Morgan fingerprint density at radius 2 is 1.82 bits per heavy atom. The van der Waals surface area contributed by atoms with E-state index in [-0.39, 0.29) is 5.69 Å². The number of halogens is 1. The molecule has 34 heavy (non-hydrogen) atoms. The number of hydrogen-bond acceptors (Lipinski definition) is 8. The molecule has 0 unspecified atom stereocenters. The number of ether oxygens (including phenoxy) is 2. The Hall–Kier alpha value is -3.83. The van der Waals surface area contributed by atoms with E-state index in [0.717, 1.165) is 14.7 Å². The number of thiazole rings is 1. The molecule has 4 aromatic rings. The molecule has 9 nitrogen and oxygen atoms in total. The molecule has 172 valence electrons. The van der Waals surface area contributed by atoms with Gasteiger partial charge in [0.25, 0.3) is 11.6 Å². The number of carbonyl (C=O) groups excluding carboxylic acids is 1. The van der Waals surface area contributed by atoms with Gasteiger partial charge in [-0.25, -0.2) is 4.98 Å². The van der Waals surface area contributed by atoms with Crippen molar-refractivity contribution in [2.75, 3.05) is 19.2 Å². The SMILES string of the molecule is COc1ccc(C(=O)N(/N=C/c2ccc([N+](=O)[O-])cc2)c2nc3ccc(Br)cc3s2)cc1OC. The summed E-state index contributed by atoms with van der Waals surface area (Å²) in [4.78, 5) is 28.5. The highest BCUT2D eigenvalue weighted by molar-refractivity contribution is 9.10. The first-order valence-electron chi connectivity index (χ1n) is 9.80. The number of non-ortho nitro benzene ring substituents is 1. The van der Waals surface area contributed by atoms with Crippen LogP contribution >= 0.6 is 27.3 Å². The molecule has 0 atom stereocenters. The molecule has 0 fully saturated rings. The Labute approximate surface area is 206 Å². The standard InChI is InChI=1S/C23H17BrN4O5S/c1-32-19-10-5-15(11-20(19)33-2)22(29)27(23-26-18-9-6-16(24)12-21(18)34-23)25-13-14-3-7-17(8-4-14)28(30)31/h3-13H,1-2H3/b25-13+. The van der Waals surface area contributed by atoms with E-state index in [1.807, 2.05) is 18.2 Å². The van der Waals surface area contributed by atoms with Crippen LogP contribution in [0.25, 0.3) is 10.2 Å². The minimum absolute atomic E-state index is 0.0350. The Bertz CT molecular complexity index is 1400. The normalized spacial score (nSPS) is 11.0. The third-order valence-corrected chi connectivity index (χ3v) is 6.26. The highest BCUT2D eigenvalue weighted by Crippen LogP contribution is 2.33. The van der Waals surface area contributed by atoms with E-state index in [9.17, 15) is 14.9 Å². The van der Waals surface area contributed by atoms with Crippen molar-refractivity contribution in [3.05, 3.63) is 86.4 Å². The third-order valence-electron chi connectivity index (χ3n) is 4.77. The number of hydrazone groups is 1. The predicted molar refractivity (Wildman–Crippen MR) is 134 cm³/mol. The molecule has 1 aromatic heterocycles. The van der Waals surface area contributed by atoms with Crippen LogP contribution < -0.4 is 14.5 Å². The van der Waals surface area contributed by atoms with Gasteiger partial charge in [0.1, 0.15) is 0 Å². The zero-order valence-electron chi connectivity index (χ0n) is 18.0. The second-order valence-electron chi connectivity index (χ2n) is 6.89. The Balaban J connectivity index is 1.75. The first-order valence-corrected chi connectivity index (χ1v) is 11.4. The zero-order valence-corrected chi connectivity index (χ0v) is 20.4. The summed E-state index contributed by atoms with van der Waals surface area (Å²) < 4.78 is 12.3. The van der Waals surface area contributed by atoms with E-state index < -0.39 is 10.8 Å². The number of aromatic nitrogens is 1. The van der Waals surface area contributed by atoms with Crippen molar-refractivity contribution in [1.29, 1.82) is 0 Å². The maximum atomic E-state index is 13.5. The molecule has 0 bridgehead atoms. The highest BCUT2D eigenvalue weighted by atomic mass is 79.9. The van der Waals surface area contributed by atoms with Gasteiger partial charge in [-0.15, -0.1) is 0 Å². The minimum atomic E-state index is -0.479. The van der Waals surface area contributed by atoms with E-state index in [1.54, 1.807) is 30.3 Å². The molecule has 0 aliphatic rings. The number of fused-ring (bicyclic) bond motifs is 1. The molecule has 1 heterocycles. The first-order chi connectivity index (χ1) is 16.4. The number of nitrogens with zero attached hydrogens (tertiary/aromatic N) is 4. The van der Waals surface area contributed by atoms with Gasteiger partial charge in [-0.3, -0.25) is 14.9 Å². The molecule has 0 N–H and O–H groups in total. The van der Waals surface area contributed by atoms with Gasteiger partial charge in [0.05, 0.1) is 35.6 Å². The fraction of sp³-hybridized carbons (Fsp3) is 0.0870. The average molecular weight is 541 g/mol. The van der Waals surface area contributed by atoms with Gasteiger partial charge in [0, 0.05) is 22.2 Å². The molecule has 0 aliphatic carbocycles. The molecular formula is C23H17BrN4O5S. The molecule has 4 rings (SSSR count). The molecule has 0 radical (unpaired) electrons. The van der Waals surface area contributed by atoms with Crippen LogP contribution in [0.2, 0.25) is 0 Å². The van der Waals surface area contributed by atoms with Gasteiger partial charge in [0.15, 0.2) is 11.5 Å². The topological polar surface area (TPSA) is 107 Å². The largest absolute Gasteiger partial charge is 0.493 e. The van der Waals surface area contributed by atoms with Crippen LogP contribution in [0.15, 0.2) is 70.2 Å². The van der Waals surface area contributed by atoms with Crippen molar-refractivity contribution < 1.29 is 19.2 Å². The lowest BCUT2D eigenvalue weighted by atomic mass is 10.2. The van der Waals surface area contributed by atoms with Crippen LogP contribution in [0.4, 0.5) is 10.8 Å². The summed E-state index contributed by atoms with van der Waals surface area (Å²) in [6.07, 6.45) is 1.45. The zero-order chi connectivity index (χ0) is 24.2. The second-order valence-corrected chi connectivity index (χ2v) is 8.81. The van der Waals surface area contributed by atoms with Crippen molar-refractivity contribution in [2.24, 2.45) is 5.10 Å². The van der Waals surface area contributed by atoms with Crippen LogP contribution in [0.1, 0.15) is 15.9 Å². The number of anilines is 1. The number of hydrogen-bond donors (Lipinski definition) is 0.